The Labute approximate surface area is 87.0 Å². The number of carbonyl (C=O) groups is 2. The van der Waals surface area contributed by atoms with Crippen molar-refractivity contribution in [2.24, 2.45) is 11.8 Å². The van der Waals surface area contributed by atoms with Crippen LogP contribution in [-0.4, -0.2) is 47.2 Å². The second kappa shape index (κ2) is 2.95. The van der Waals surface area contributed by atoms with E-state index in [1.807, 2.05) is 4.90 Å². The zero-order valence-electron chi connectivity index (χ0n) is 8.26. The number of likely N-dealkylation sites (tertiary alicyclic amines) is 1. The lowest BCUT2D eigenvalue weighted by Gasteiger charge is -2.26. The minimum atomic E-state index is -0.839. The Bertz CT molecular complexity index is 329. The van der Waals surface area contributed by atoms with Gasteiger partial charge in [0, 0.05) is 6.54 Å². The summed E-state index contributed by atoms with van der Waals surface area (Å²) in [6, 6.07) is 0.206. The number of rotatable bonds is 2. The van der Waals surface area contributed by atoms with Gasteiger partial charge in [-0.2, -0.15) is 0 Å². The first-order chi connectivity index (χ1) is 7.16. The van der Waals surface area contributed by atoms with Crippen molar-refractivity contribution in [1.29, 1.82) is 0 Å². The lowest BCUT2D eigenvalue weighted by Crippen LogP contribution is -2.42. The van der Waals surface area contributed by atoms with Gasteiger partial charge in [0.1, 0.15) is 0 Å². The highest BCUT2D eigenvalue weighted by molar-refractivity contribution is 5.89. The van der Waals surface area contributed by atoms with Crippen LogP contribution >= 0.6 is 0 Å². The SMILES string of the molecule is O=C(O)C1CC1C(=O)N1CC2CC1CO2. The summed E-state index contributed by atoms with van der Waals surface area (Å²) in [5.41, 5.74) is 0. The summed E-state index contributed by atoms with van der Waals surface area (Å²) in [6.07, 6.45) is 1.64. The van der Waals surface area contributed by atoms with E-state index in [-0.39, 0.29) is 24.0 Å². The van der Waals surface area contributed by atoms with Crippen LogP contribution in [0, 0.1) is 11.8 Å². The monoisotopic (exact) mass is 211 g/mol. The number of nitrogens with zero attached hydrogens (tertiary/aromatic N) is 1. The van der Waals surface area contributed by atoms with Crippen LogP contribution in [0.5, 0.6) is 0 Å². The standard InChI is InChI=1S/C10H13NO4/c12-9(7-2-8(7)10(13)14)11-3-6-1-5(11)4-15-6/h5-8H,1-4H2,(H,13,14). The summed E-state index contributed by atoms with van der Waals surface area (Å²) in [7, 11) is 0. The molecule has 2 aliphatic heterocycles. The highest BCUT2D eigenvalue weighted by Crippen LogP contribution is 2.42. The van der Waals surface area contributed by atoms with E-state index in [0.717, 1.165) is 6.42 Å². The molecule has 3 fully saturated rings. The molecule has 0 aromatic carbocycles. The summed E-state index contributed by atoms with van der Waals surface area (Å²) in [4.78, 5) is 24.4. The molecule has 1 N–H and O–H groups in total. The minimum Gasteiger partial charge on any atom is -0.481 e. The van der Waals surface area contributed by atoms with E-state index in [0.29, 0.717) is 19.6 Å². The molecule has 3 rings (SSSR count). The van der Waals surface area contributed by atoms with Crippen molar-refractivity contribution in [3.8, 4) is 0 Å². The van der Waals surface area contributed by atoms with Crippen molar-refractivity contribution in [3.05, 3.63) is 0 Å². The number of carbonyl (C=O) groups excluding carboxylic acids is 1. The highest BCUT2D eigenvalue weighted by atomic mass is 16.5. The zero-order valence-corrected chi connectivity index (χ0v) is 8.26. The fourth-order valence-electron chi connectivity index (χ4n) is 2.62. The molecule has 4 unspecified atom stereocenters. The molecule has 0 spiro atoms. The first-order valence-corrected chi connectivity index (χ1v) is 5.31. The average Bonchev–Trinajstić information content (AvgIpc) is 2.75. The van der Waals surface area contributed by atoms with Crippen LogP contribution < -0.4 is 0 Å². The van der Waals surface area contributed by atoms with Gasteiger partial charge in [-0.15, -0.1) is 0 Å². The van der Waals surface area contributed by atoms with Crippen molar-refractivity contribution in [2.45, 2.75) is 25.0 Å². The molecule has 2 heterocycles. The van der Waals surface area contributed by atoms with Crippen LogP contribution in [0.2, 0.25) is 0 Å². The first kappa shape index (κ1) is 9.15. The van der Waals surface area contributed by atoms with Gasteiger partial charge in [0.15, 0.2) is 0 Å². The molecular formula is C10H13NO4. The van der Waals surface area contributed by atoms with Crippen molar-refractivity contribution in [1.82, 2.24) is 4.90 Å². The van der Waals surface area contributed by atoms with E-state index in [1.54, 1.807) is 0 Å². The number of carboxylic acid groups (broad SMARTS) is 1. The summed E-state index contributed by atoms with van der Waals surface area (Å²) < 4.78 is 5.40. The Balaban J connectivity index is 1.65. The van der Waals surface area contributed by atoms with E-state index < -0.39 is 11.9 Å². The van der Waals surface area contributed by atoms with Crippen LogP contribution in [0.4, 0.5) is 0 Å². The molecule has 5 heteroatoms. The Hall–Kier alpha value is -1.10. The molecule has 4 atom stereocenters. The Morgan fingerprint density at radius 1 is 1.27 bits per heavy atom. The molecule has 0 aromatic rings. The number of hydrogen-bond acceptors (Lipinski definition) is 3. The fraction of sp³-hybridized carbons (Fsp3) is 0.800. The maximum Gasteiger partial charge on any atom is 0.307 e. The summed E-state index contributed by atoms with van der Waals surface area (Å²) in [5, 5.41) is 8.75. The van der Waals surface area contributed by atoms with E-state index in [2.05, 4.69) is 0 Å². The van der Waals surface area contributed by atoms with Crippen LogP contribution in [0.25, 0.3) is 0 Å². The number of aliphatic carboxylic acids is 1. The van der Waals surface area contributed by atoms with Gasteiger partial charge in [-0.05, 0) is 12.8 Å². The topological polar surface area (TPSA) is 66.8 Å². The third-order valence-electron chi connectivity index (χ3n) is 3.61. The predicted octanol–water partition coefficient (Wildman–Crippen LogP) is -0.293. The fourth-order valence-corrected chi connectivity index (χ4v) is 2.62. The molecule has 2 bridgehead atoms. The maximum atomic E-state index is 11.9. The molecule has 1 aliphatic carbocycles. The average molecular weight is 211 g/mol. The quantitative estimate of drug-likeness (QED) is 0.681. The van der Waals surface area contributed by atoms with Crippen molar-refractivity contribution in [2.75, 3.05) is 13.2 Å². The molecule has 82 valence electrons. The van der Waals surface area contributed by atoms with Crippen molar-refractivity contribution in [3.63, 3.8) is 0 Å². The molecule has 3 aliphatic rings. The van der Waals surface area contributed by atoms with Gasteiger partial charge < -0.3 is 14.7 Å². The van der Waals surface area contributed by atoms with Crippen molar-refractivity contribution < 1.29 is 19.4 Å². The van der Waals surface area contributed by atoms with E-state index in [1.165, 1.54) is 0 Å². The van der Waals surface area contributed by atoms with Gasteiger partial charge in [0.05, 0.1) is 30.6 Å². The molecule has 1 amide bonds. The lowest BCUT2D eigenvalue weighted by molar-refractivity contribution is -0.143. The Morgan fingerprint density at radius 2 is 2.07 bits per heavy atom. The van der Waals surface area contributed by atoms with Crippen LogP contribution in [-0.2, 0) is 14.3 Å². The summed E-state index contributed by atoms with van der Waals surface area (Å²) in [6.45, 7) is 1.28. The summed E-state index contributed by atoms with van der Waals surface area (Å²) in [5.74, 6) is -1.51. The minimum absolute atomic E-state index is 0.0261. The highest BCUT2D eigenvalue weighted by Gasteiger charge is 2.53. The van der Waals surface area contributed by atoms with Gasteiger partial charge in [-0.3, -0.25) is 9.59 Å². The van der Waals surface area contributed by atoms with E-state index in [4.69, 9.17) is 9.84 Å². The smallest absolute Gasteiger partial charge is 0.307 e. The van der Waals surface area contributed by atoms with Gasteiger partial charge >= 0.3 is 5.97 Å². The molecule has 1 saturated carbocycles. The maximum absolute atomic E-state index is 11.9. The van der Waals surface area contributed by atoms with E-state index >= 15 is 0 Å². The number of ether oxygens (including phenoxy) is 1. The Morgan fingerprint density at radius 3 is 2.53 bits per heavy atom. The van der Waals surface area contributed by atoms with Crippen LogP contribution in [0.1, 0.15) is 12.8 Å². The number of fused-ring (bicyclic) bond motifs is 2. The molecule has 15 heavy (non-hydrogen) atoms. The molecule has 2 saturated heterocycles. The van der Waals surface area contributed by atoms with Gasteiger partial charge in [-0.1, -0.05) is 0 Å². The third kappa shape index (κ3) is 1.33. The number of hydrogen-bond donors (Lipinski definition) is 1. The molecule has 0 aromatic heterocycles. The first-order valence-electron chi connectivity index (χ1n) is 5.31. The molecular weight excluding hydrogens is 198 g/mol. The zero-order chi connectivity index (χ0) is 10.6. The third-order valence-corrected chi connectivity index (χ3v) is 3.61. The van der Waals surface area contributed by atoms with Crippen molar-refractivity contribution >= 4 is 11.9 Å². The Kier molecular flexibility index (Phi) is 1.80. The second-order valence-electron chi connectivity index (χ2n) is 4.62. The number of amides is 1. The van der Waals surface area contributed by atoms with Crippen LogP contribution in [0.3, 0.4) is 0 Å². The number of carboxylic acids is 1. The van der Waals surface area contributed by atoms with Gasteiger partial charge in [0.25, 0.3) is 0 Å². The normalized spacial score (nSPS) is 42.0. The second-order valence-corrected chi connectivity index (χ2v) is 4.62. The number of morpholine rings is 1. The molecule has 5 nitrogen and oxygen atoms in total. The van der Waals surface area contributed by atoms with Gasteiger partial charge in [-0.25, -0.2) is 0 Å². The van der Waals surface area contributed by atoms with E-state index in [9.17, 15) is 9.59 Å². The van der Waals surface area contributed by atoms with Crippen LogP contribution in [0.15, 0.2) is 0 Å². The lowest BCUT2D eigenvalue weighted by atomic mass is 10.2. The predicted molar refractivity (Wildman–Crippen MR) is 49.1 cm³/mol. The molecule has 0 radical (unpaired) electrons. The largest absolute Gasteiger partial charge is 0.481 e. The summed E-state index contributed by atoms with van der Waals surface area (Å²) >= 11 is 0. The van der Waals surface area contributed by atoms with Gasteiger partial charge in [0.2, 0.25) is 5.91 Å².